The highest BCUT2D eigenvalue weighted by atomic mass is 19.1. The molecule has 2 N–H and O–H groups in total. The van der Waals surface area contributed by atoms with Crippen LogP contribution in [0, 0.1) is 5.82 Å². The third kappa shape index (κ3) is 3.63. The van der Waals surface area contributed by atoms with Gasteiger partial charge in [-0.1, -0.05) is 6.58 Å². The molecule has 8 nitrogen and oxygen atoms in total. The summed E-state index contributed by atoms with van der Waals surface area (Å²) in [6, 6.07) is -1.07. The van der Waals surface area contributed by atoms with Crippen molar-refractivity contribution in [3.8, 4) is 0 Å². The quantitative estimate of drug-likeness (QED) is 0.429. The minimum absolute atomic E-state index is 0.301. The Labute approximate surface area is 105 Å². The number of aromatic amines is 1. The maximum atomic E-state index is 12.9. The predicted octanol–water partition coefficient (Wildman–Crippen LogP) is -0.691. The van der Waals surface area contributed by atoms with Crippen molar-refractivity contribution in [1.82, 2.24) is 14.9 Å². The molecule has 1 amide bonds. The van der Waals surface area contributed by atoms with Gasteiger partial charge in [0.15, 0.2) is 6.23 Å². The van der Waals surface area contributed by atoms with Crippen molar-refractivity contribution in [1.29, 1.82) is 0 Å². The topological polar surface area (TPSA) is 110 Å². The number of hydrogen-bond acceptors (Lipinski definition) is 5. The number of nitrogens with one attached hydrogen (secondary N) is 2. The van der Waals surface area contributed by atoms with Gasteiger partial charge in [0.2, 0.25) is 5.82 Å². The lowest BCUT2D eigenvalue weighted by molar-refractivity contribution is -0.142. The number of amides is 1. The Balaban J connectivity index is 2.87. The lowest BCUT2D eigenvalue weighted by Gasteiger charge is -2.14. The molecule has 0 aromatic carbocycles. The van der Waals surface area contributed by atoms with Crippen molar-refractivity contribution < 1.29 is 18.7 Å². The molecule has 1 rings (SSSR count). The van der Waals surface area contributed by atoms with E-state index in [9.17, 15) is 23.6 Å². The van der Waals surface area contributed by atoms with E-state index in [1.54, 1.807) is 4.98 Å². The molecule has 0 aliphatic carbocycles. The fourth-order valence-electron chi connectivity index (χ4n) is 1.09. The molecule has 1 unspecified atom stereocenters. The third-order valence-electron chi connectivity index (χ3n) is 1.90. The van der Waals surface area contributed by atoms with Gasteiger partial charge >= 0.3 is 17.7 Å². The number of carbonyl (C=O) groups excluding carboxylic acids is 2. The lowest BCUT2D eigenvalue weighted by atomic mass is 10.5. The van der Waals surface area contributed by atoms with E-state index >= 15 is 0 Å². The monoisotopic (exact) mass is 271 g/mol. The van der Waals surface area contributed by atoms with Crippen molar-refractivity contribution in [2.45, 2.75) is 13.2 Å². The third-order valence-corrected chi connectivity index (χ3v) is 1.90. The summed E-state index contributed by atoms with van der Waals surface area (Å²) in [6.45, 7) is 4.47. The maximum absolute atomic E-state index is 12.9. The van der Waals surface area contributed by atoms with Gasteiger partial charge in [-0.05, 0) is 6.92 Å². The van der Waals surface area contributed by atoms with E-state index in [1.165, 1.54) is 6.92 Å². The van der Waals surface area contributed by atoms with Crippen molar-refractivity contribution in [2.75, 3.05) is 0 Å². The molecule has 0 saturated heterocycles. The SMILES string of the molecule is C=CC(=O)OC(C)NC(=O)n1cc(F)c(=O)[nH]c1=O. The predicted molar refractivity (Wildman–Crippen MR) is 61.0 cm³/mol. The molecule has 1 atom stereocenters. The first-order chi connectivity index (χ1) is 8.85. The van der Waals surface area contributed by atoms with Crippen LogP contribution >= 0.6 is 0 Å². The number of rotatable bonds is 3. The second kappa shape index (κ2) is 5.76. The van der Waals surface area contributed by atoms with Crippen LogP contribution in [0.25, 0.3) is 0 Å². The van der Waals surface area contributed by atoms with Crippen LogP contribution in [0.2, 0.25) is 0 Å². The standard InChI is InChI=1S/C10H10FN3O5/c1-3-7(15)19-5(2)12-9(17)14-4-6(11)8(16)13-10(14)18/h3-5H,1H2,2H3,(H,12,17)(H,13,16,18). The lowest BCUT2D eigenvalue weighted by Crippen LogP contribution is -2.44. The first-order valence-corrected chi connectivity index (χ1v) is 5.00. The summed E-state index contributed by atoms with van der Waals surface area (Å²) in [6.07, 6.45) is 0.243. The fourth-order valence-corrected chi connectivity index (χ4v) is 1.09. The molecule has 0 aliphatic rings. The van der Waals surface area contributed by atoms with E-state index < -0.39 is 35.3 Å². The molecule has 1 aromatic rings. The summed E-state index contributed by atoms with van der Waals surface area (Å²) in [5.74, 6) is -2.08. The molecular formula is C10H10FN3O5. The first-order valence-electron chi connectivity index (χ1n) is 5.00. The van der Waals surface area contributed by atoms with Gasteiger partial charge in [0, 0.05) is 6.08 Å². The van der Waals surface area contributed by atoms with Gasteiger partial charge in [-0.25, -0.2) is 19.0 Å². The molecule has 0 fully saturated rings. The zero-order chi connectivity index (χ0) is 14.6. The van der Waals surface area contributed by atoms with Gasteiger partial charge in [-0.3, -0.25) is 9.78 Å². The summed E-state index contributed by atoms with van der Waals surface area (Å²) >= 11 is 0. The number of halogens is 1. The summed E-state index contributed by atoms with van der Waals surface area (Å²) < 4.78 is 17.9. The highest BCUT2D eigenvalue weighted by molar-refractivity contribution is 5.82. The number of H-pyrrole nitrogens is 1. The van der Waals surface area contributed by atoms with Crippen LogP contribution in [-0.2, 0) is 9.53 Å². The molecule has 0 aliphatic heterocycles. The van der Waals surface area contributed by atoms with Crippen LogP contribution < -0.4 is 16.6 Å². The molecule has 0 bridgehead atoms. The van der Waals surface area contributed by atoms with Crippen molar-refractivity contribution in [3.05, 3.63) is 45.5 Å². The molecule has 1 heterocycles. The first kappa shape index (κ1) is 14.4. The molecule has 0 saturated carbocycles. The van der Waals surface area contributed by atoms with Crippen LogP contribution in [0.5, 0.6) is 0 Å². The number of nitrogens with zero attached hydrogens (tertiary/aromatic N) is 1. The number of hydrogen-bond donors (Lipinski definition) is 2. The highest BCUT2D eigenvalue weighted by Crippen LogP contribution is 1.90. The van der Waals surface area contributed by atoms with Crippen molar-refractivity contribution in [2.24, 2.45) is 0 Å². The normalized spacial score (nSPS) is 11.5. The Morgan fingerprint density at radius 3 is 2.79 bits per heavy atom. The fraction of sp³-hybridized carbons (Fsp3) is 0.200. The Hall–Kier alpha value is -2.71. The highest BCUT2D eigenvalue weighted by Gasteiger charge is 2.14. The number of carbonyl (C=O) groups is 2. The van der Waals surface area contributed by atoms with E-state index in [0.717, 1.165) is 6.08 Å². The van der Waals surface area contributed by atoms with Crippen LogP contribution in [0.4, 0.5) is 9.18 Å². The maximum Gasteiger partial charge on any atom is 0.336 e. The van der Waals surface area contributed by atoms with Crippen LogP contribution in [-0.4, -0.2) is 27.8 Å². The summed E-state index contributed by atoms with van der Waals surface area (Å²) in [5, 5.41) is 2.09. The molecule has 0 radical (unpaired) electrons. The van der Waals surface area contributed by atoms with E-state index in [-0.39, 0.29) is 0 Å². The Morgan fingerprint density at radius 1 is 1.58 bits per heavy atom. The van der Waals surface area contributed by atoms with E-state index in [4.69, 9.17) is 0 Å². The molecule has 1 aromatic heterocycles. The molecular weight excluding hydrogens is 261 g/mol. The van der Waals surface area contributed by atoms with Gasteiger partial charge in [0.05, 0.1) is 6.20 Å². The number of ether oxygens (including phenoxy) is 1. The van der Waals surface area contributed by atoms with E-state index in [0.29, 0.717) is 10.8 Å². The van der Waals surface area contributed by atoms with Gasteiger partial charge in [0.1, 0.15) is 0 Å². The second-order valence-electron chi connectivity index (χ2n) is 3.34. The van der Waals surface area contributed by atoms with Crippen LogP contribution in [0.3, 0.4) is 0 Å². The zero-order valence-corrected chi connectivity index (χ0v) is 9.81. The number of aromatic nitrogens is 2. The van der Waals surface area contributed by atoms with Gasteiger partial charge in [-0.2, -0.15) is 4.39 Å². The average molecular weight is 271 g/mol. The molecule has 19 heavy (non-hydrogen) atoms. The van der Waals surface area contributed by atoms with Gasteiger partial charge < -0.3 is 10.1 Å². The summed E-state index contributed by atoms with van der Waals surface area (Å²) in [5.41, 5.74) is -2.36. The van der Waals surface area contributed by atoms with E-state index in [2.05, 4.69) is 16.6 Å². The minimum Gasteiger partial charge on any atom is -0.439 e. The molecule has 0 spiro atoms. The van der Waals surface area contributed by atoms with Crippen molar-refractivity contribution >= 4 is 12.0 Å². The summed E-state index contributed by atoms with van der Waals surface area (Å²) in [7, 11) is 0. The average Bonchev–Trinajstić information content (AvgIpc) is 2.33. The molecule has 9 heteroatoms. The zero-order valence-electron chi connectivity index (χ0n) is 9.81. The molecule has 102 valence electrons. The van der Waals surface area contributed by atoms with Crippen LogP contribution in [0.15, 0.2) is 28.4 Å². The summed E-state index contributed by atoms with van der Waals surface area (Å²) in [4.78, 5) is 46.0. The Bertz CT molecular complexity index is 633. The van der Waals surface area contributed by atoms with Crippen molar-refractivity contribution in [3.63, 3.8) is 0 Å². The largest absolute Gasteiger partial charge is 0.439 e. The van der Waals surface area contributed by atoms with Gasteiger partial charge in [-0.15, -0.1) is 0 Å². The Morgan fingerprint density at radius 2 is 2.21 bits per heavy atom. The van der Waals surface area contributed by atoms with Gasteiger partial charge in [0.25, 0.3) is 5.56 Å². The van der Waals surface area contributed by atoms with Crippen LogP contribution in [0.1, 0.15) is 6.92 Å². The minimum atomic E-state index is -1.30. The smallest absolute Gasteiger partial charge is 0.336 e. The number of esters is 1. The Kier molecular flexibility index (Phi) is 4.35. The second-order valence-corrected chi connectivity index (χ2v) is 3.34. The van der Waals surface area contributed by atoms with E-state index in [1.807, 2.05) is 0 Å².